The minimum absolute atomic E-state index is 0.0686. The highest BCUT2D eigenvalue weighted by Gasteiger charge is 2.12. The van der Waals surface area contributed by atoms with E-state index in [9.17, 15) is 4.79 Å². The van der Waals surface area contributed by atoms with Crippen LogP contribution >= 0.6 is 15.9 Å². The smallest absolute Gasteiger partial charge is 0.330 e. The first-order chi connectivity index (χ1) is 21.7. The van der Waals surface area contributed by atoms with Gasteiger partial charge in [0.25, 0.3) is 0 Å². The molecule has 0 aliphatic rings. The molecule has 254 valence electrons. The molecule has 0 amide bonds. The third kappa shape index (κ3) is 35.1. The van der Waals surface area contributed by atoms with Crippen LogP contribution in [0.25, 0.3) is 0 Å². The predicted molar refractivity (Wildman–Crippen MR) is 201 cm³/mol. The van der Waals surface area contributed by atoms with Crippen molar-refractivity contribution in [1.82, 2.24) is 0 Å². The second-order valence-corrected chi connectivity index (χ2v) is 13.0. The van der Waals surface area contributed by atoms with E-state index in [4.69, 9.17) is 4.74 Å². The lowest BCUT2D eigenvalue weighted by Crippen LogP contribution is -2.17. The zero-order valence-electron chi connectivity index (χ0n) is 29.1. The number of alkyl halides is 1. The molecule has 0 atom stereocenters. The first kappa shape index (κ1) is 42.6. The molecule has 0 N–H and O–H groups in total. The van der Waals surface area contributed by atoms with Crippen molar-refractivity contribution in [1.29, 1.82) is 0 Å². The zero-order valence-corrected chi connectivity index (χ0v) is 30.7. The predicted octanol–water partition coefficient (Wildman–Crippen LogP) is 14.3. The average molecular weight is 676 g/mol. The van der Waals surface area contributed by atoms with Gasteiger partial charge in [0.05, 0.1) is 0 Å². The number of carbonyl (C=O) groups is 1. The molecule has 0 saturated heterocycles. The number of allylic oxidation sites excluding steroid dienone is 9. The van der Waals surface area contributed by atoms with Gasteiger partial charge in [-0.25, -0.2) is 4.79 Å². The SMILES string of the molecule is CCCCCC=CCC=CCCCCCCCCC(CCCCCCCCC=CCC=CCCCCC)OC(=O)C=CCBr. The summed E-state index contributed by atoms with van der Waals surface area (Å²) in [5.41, 5.74) is 0. The largest absolute Gasteiger partial charge is 0.459 e. The van der Waals surface area contributed by atoms with Crippen LogP contribution in [0.1, 0.15) is 181 Å². The number of hydrogen-bond acceptors (Lipinski definition) is 2. The van der Waals surface area contributed by atoms with Gasteiger partial charge >= 0.3 is 5.97 Å². The van der Waals surface area contributed by atoms with Gasteiger partial charge in [0.1, 0.15) is 6.10 Å². The molecule has 0 saturated carbocycles. The van der Waals surface area contributed by atoms with E-state index in [1.165, 1.54) is 128 Å². The lowest BCUT2D eigenvalue weighted by Gasteiger charge is -2.17. The Morgan fingerprint density at radius 1 is 0.500 bits per heavy atom. The van der Waals surface area contributed by atoms with E-state index in [-0.39, 0.29) is 12.1 Å². The van der Waals surface area contributed by atoms with Crippen molar-refractivity contribution in [2.24, 2.45) is 0 Å². The molecule has 0 aliphatic carbocycles. The molecule has 0 heterocycles. The van der Waals surface area contributed by atoms with Crippen molar-refractivity contribution in [3.05, 3.63) is 60.8 Å². The molecule has 0 spiro atoms. The zero-order chi connectivity index (χ0) is 32.0. The molecule has 0 unspecified atom stereocenters. The third-order valence-electron chi connectivity index (χ3n) is 8.08. The standard InChI is InChI=1S/C41H71BrO2/c1-3-5-7-9-11-13-15-17-19-21-23-25-27-29-31-33-36-40(44-41(43)38-35-39-42)37-34-32-30-28-26-24-22-20-18-16-14-12-10-8-6-4-2/h11-14,17-20,35,38,40H,3-10,15-16,21-34,36-37,39H2,1-2H3. The summed E-state index contributed by atoms with van der Waals surface area (Å²) in [6, 6.07) is 0. The van der Waals surface area contributed by atoms with Crippen molar-refractivity contribution in [3.8, 4) is 0 Å². The van der Waals surface area contributed by atoms with Crippen LogP contribution in [0, 0.1) is 0 Å². The summed E-state index contributed by atoms with van der Waals surface area (Å²) in [5.74, 6) is -0.186. The van der Waals surface area contributed by atoms with Gasteiger partial charge in [-0.3, -0.25) is 0 Å². The number of ether oxygens (including phenoxy) is 1. The fraction of sp³-hybridized carbons (Fsp3) is 0.732. The second kappa shape index (κ2) is 37.8. The molecule has 0 rings (SSSR count). The number of esters is 1. The van der Waals surface area contributed by atoms with Gasteiger partial charge < -0.3 is 4.74 Å². The van der Waals surface area contributed by atoms with Crippen LogP contribution in [-0.4, -0.2) is 17.4 Å². The number of halogens is 1. The van der Waals surface area contributed by atoms with E-state index in [1.54, 1.807) is 6.08 Å². The molecule has 0 aromatic heterocycles. The van der Waals surface area contributed by atoms with Crippen LogP contribution in [0.4, 0.5) is 0 Å². The summed E-state index contributed by atoms with van der Waals surface area (Å²) in [6.07, 6.45) is 54.4. The molecule has 3 heteroatoms. The molecule has 0 aromatic carbocycles. The van der Waals surface area contributed by atoms with Crippen LogP contribution in [0.15, 0.2) is 60.8 Å². The third-order valence-corrected chi connectivity index (χ3v) is 8.45. The van der Waals surface area contributed by atoms with Crippen molar-refractivity contribution >= 4 is 21.9 Å². The highest BCUT2D eigenvalue weighted by atomic mass is 79.9. The maximum absolute atomic E-state index is 12.2. The monoisotopic (exact) mass is 674 g/mol. The van der Waals surface area contributed by atoms with E-state index in [0.29, 0.717) is 5.33 Å². The van der Waals surface area contributed by atoms with Crippen molar-refractivity contribution in [2.75, 3.05) is 5.33 Å². The highest BCUT2D eigenvalue weighted by Crippen LogP contribution is 2.18. The Labute approximate surface area is 283 Å². The van der Waals surface area contributed by atoms with E-state index < -0.39 is 0 Å². The highest BCUT2D eigenvalue weighted by molar-refractivity contribution is 9.09. The lowest BCUT2D eigenvalue weighted by atomic mass is 10.0. The van der Waals surface area contributed by atoms with Gasteiger partial charge in [-0.05, 0) is 89.9 Å². The Morgan fingerprint density at radius 2 is 0.864 bits per heavy atom. The Hall–Kier alpha value is -1.35. The minimum Gasteiger partial charge on any atom is -0.459 e. The molecular formula is C41H71BrO2. The summed E-state index contributed by atoms with van der Waals surface area (Å²) in [6.45, 7) is 4.52. The van der Waals surface area contributed by atoms with Crippen LogP contribution in [0.2, 0.25) is 0 Å². The van der Waals surface area contributed by atoms with Gasteiger partial charge in [-0.1, -0.05) is 162 Å². The fourth-order valence-electron chi connectivity index (χ4n) is 5.33. The van der Waals surface area contributed by atoms with E-state index in [0.717, 1.165) is 38.5 Å². The quantitative estimate of drug-likeness (QED) is 0.0228. The second-order valence-electron chi connectivity index (χ2n) is 12.4. The van der Waals surface area contributed by atoms with Crippen LogP contribution in [0.3, 0.4) is 0 Å². The van der Waals surface area contributed by atoms with Crippen LogP contribution in [0.5, 0.6) is 0 Å². The number of hydrogen-bond donors (Lipinski definition) is 0. The van der Waals surface area contributed by atoms with Crippen LogP contribution in [-0.2, 0) is 9.53 Å². The summed E-state index contributed by atoms with van der Waals surface area (Å²) < 4.78 is 5.83. The van der Waals surface area contributed by atoms with Crippen molar-refractivity contribution in [2.45, 2.75) is 187 Å². The van der Waals surface area contributed by atoms with Gasteiger partial charge in [-0.2, -0.15) is 0 Å². The van der Waals surface area contributed by atoms with Gasteiger partial charge in [0, 0.05) is 11.4 Å². The normalized spacial score (nSPS) is 13.1. The molecule has 0 aromatic rings. The summed E-state index contributed by atoms with van der Waals surface area (Å²) >= 11 is 3.35. The van der Waals surface area contributed by atoms with Gasteiger partial charge in [0.2, 0.25) is 0 Å². The summed E-state index contributed by atoms with van der Waals surface area (Å²) in [7, 11) is 0. The van der Waals surface area contributed by atoms with Crippen molar-refractivity contribution in [3.63, 3.8) is 0 Å². The van der Waals surface area contributed by atoms with Gasteiger partial charge in [-0.15, -0.1) is 0 Å². The Kier molecular flexibility index (Phi) is 36.7. The van der Waals surface area contributed by atoms with Gasteiger partial charge in [0.15, 0.2) is 0 Å². The summed E-state index contributed by atoms with van der Waals surface area (Å²) in [4.78, 5) is 12.2. The van der Waals surface area contributed by atoms with Crippen LogP contribution < -0.4 is 0 Å². The molecule has 0 bridgehead atoms. The van der Waals surface area contributed by atoms with Crippen molar-refractivity contribution < 1.29 is 9.53 Å². The summed E-state index contributed by atoms with van der Waals surface area (Å²) in [5, 5.41) is 0.685. The Balaban J connectivity index is 3.90. The molecule has 0 radical (unpaired) electrons. The minimum atomic E-state index is -0.186. The van der Waals surface area contributed by atoms with E-state index in [1.807, 2.05) is 6.08 Å². The Bertz CT molecular complexity index is 685. The molecule has 0 aliphatic heterocycles. The van der Waals surface area contributed by atoms with E-state index in [2.05, 4.69) is 78.4 Å². The number of carbonyl (C=O) groups excluding carboxylic acids is 1. The molecule has 0 fully saturated rings. The molecular weight excluding hydrogens is 604 g/mol. The Morgan fingerprint density at radius 3 is 1.25 bits per heavy atom. The maximum atomic E-state index is 12.2. The maximum Gasteiger partial charge on any atom is 0.330 e. The topological polar surface area (TPSA) is 26.3 Å². The molecule has 2 nitrogen and oxygen atoms in total. The molecule has 44 heavy (non-hydrogen) atoms. The first-order valence-electron chi connectivity index (χ1n) is 18.8. The number of rotatable bonds is 33. The first-order valence-corrected chi connectivity index (χ1v) is 19.9. The average Bonchev–Trinajstić information content (AvgIpc) is 3.03. The number of unbranched alkanes of at least 4 members (excludes halogenated alkanes) is 18. The van der Waals surface area contributed by atoms with E-state index >= 15 is 0 Å². The fourth-order valence-corrected chi connectivity index (χ4v) is 5.51. The lowest BCUT2D eigenvalue weighted by molar-refractivity contribution is -0.143.